The van der Waals surface area contributed by atoms with E-state index in [0.29, 0.717) is 16.5 Å². The molecule has 6 rings (SSSR count). The quantitative estimate of drug-likeness (QED) is 0.219. The monoisotopic (exact) mass is 624 g/mol. The second-order valence-electron chi connectivity index (χ2n) is 10.7. The van der Waals surface area contributed by atoms with Crippen molar-refractivity contribution in [2.45, 2.75) is 30.1 Å². The summed E-state index contributed by atoms with van der Waals surface area (Å²) in [6, 6.07) is 26.0. The Labute approximate surface area is 256 Å². The molecule has 0 radical (unpaired) electrons. The molecule has 0 aliphatic heterocycles. The summed E-state index contributed by atoms with van der Waals surface area (Å²) in [6.07, 6.45) is 2.62. The largest absolute Gasteiger partial charge is 0.289 e. The van der Waals surface area contributed by atoms with Crippen LogP contribution >= 0.6 is 0 Å². The lowest BCUT2D eigenvalue weighted by Gasteiger charge is -2.28. The molecule has 0 N–H and O–H groups in total. The maximum Gasteiger partial charge on any atom is 0.268 e. The molecule has 0 fully saturated rings. The first-order valence-corrected chi connectivity index (χ1v) is 16.8. The summed E-state index contributed by atoms with van der Waals surface area (Å²) in [5.74, 6) is -1.06. The molecule has 0 amide bonds. The maximum absolute atomic E-state index is 14.1. The number of nitrogens with zero attached hydrogens (tertiary/aromatic N) is 2. The minimum Gasteiger partial charge on any atom is -0.289 e. The molecule has 0 bridgehead atoms. The molecular weight excluding hydrogens is 597 g/mol. The predicted octanol–water partition coefficient (Wildman–Crippen LogP) is 5.69. The fourth-order valence-electron chi connectivity index (χ4n) is 5.36. The number of aryl methyl sites for hydroxylation is 2. The van der Waals surface area contributed by atoms with E-state index >= 15 is 0 Å². The molecule has 44 heavy (non-hydrogen) atoms. The predicted molar refractivity (Wildman–Crippen MR) is 168 cm³/mol. The van der Waals surface area contributed by atoms with Crippen molar-refractivity contribution in [3.63, 3.8) is 0 Å². The van der Waals surface area contributed by atoms with Gasteiger partial charge in [0.25, 0.3) is 20.0 Å². The van der Waals surface area contributed by atoms with Gasteiger partial charge < -0.3 is 0 Å². The summed E-state index contributed by atoms with van der Waals surface area (Å²) in [6.45, 7) is 3.48. The number of ketones is 2. The SMILES string of the molecule is Cc1ccc(S(=O)(=O)N(CCc2cn(S(=O)(=O)c3ccc(C)cc3)c3ccccc23)C2=CC(=O)c3ccccc3C2=O)cc1. The van der Waals surface area contributed by atoms with Crippen molar-refractivity contribution in [1.82, 2.24) is 8.28 Å². The zero-order chi connectivity index (χ0) is 31.2. The van der Waals surface area contributed by atoms with Crippen LogP contribution in [-0.4, -0.2) is 43.2 Å². The summed E-state index contributed by atoms with van der Waals surface area (Å²) < 4.78 is 57.7. The number of carbonyl (C=O) groups is 2. The van der Waals surface area contributed by atoms with E-state index in [2.05, 4.69) is 0 Å². The third-order valence-corrected chi connectivity index (χ3v) is 11.3. The Hall–Kier alpha value is -4.80. The van der Waals surface area contributed by atoms with Crippen molar-refractivity contribution in [3.8, 4) is 0 Å². The van der Waals surface area contributed by atoms with Gasteiger partial charge in [0.1, 0.15) is 5.70 Å². The van der Waals surface area contributed by atoms with Gasteiger partial charge in [-0.05, 0) is 56.2 Å². The molecule has 222 valence electrons. The topological polar surface area (TPSA) is 111 Å². The Morgan fingerprint density at radius 1 is 0.682 bits per heavy atom. The van der Waals surface area contributed by atoms with Crippen LogP contribution in [0.15, 0.2) is 125 Å². The molecule has 5 aromatic rings. The zero-order valence-corrected chi connectivity index (χ0v) is 25.6. The van der Waals surface area contributed by atoms with Gasteiger partial charge in [-0.2, -0.15) is 0 Å². The molecule has 4 aromatic carbocycles. The number of hydrogen-bond acceptors (Lipinski definition) is 6. The first kappa shape index (κ1) is 29.3. The van der Waals surface area contributed by atoms with Crippen molar-refractivity contribution in [2.75, 3.05) is 6.54 Å². The summed E-state index contributed by atoms with van der Waals surface area (Å²) in [5.41, 5.74) is 2.85. The lowest BCUT2D eigenvalue weighted by atomic mass is 9.92. The second-order valence-corrected chi connectivity index (χ2v) is 14.4. The average Bonchev–Trinajstić information content (AvgIpc) is 3.39. The summed E-state index contributed by atoms with van der Waals surface area (Å²) in [5, 5.41) is 0.626. The van der Waals surface area contributed by atoms with E-state index in [0.717, 1.165) is 21.5 Å². The molecule has 0 saturated heterocycles. The van der Waals surface area contributed by atoms with E-state index in [-0.39, 0.29) is 39.6 Å². The standard InChI is InChI=1S/C34H28N2O6S2/c1-23-11-15-26(16-12-23)43(39,40)35(32-21-33(37)29-8-3-4-9-30(29)34(32)38)20-19-25-22-36(31-10-6-5-7-28(25)31)44(41,42)27-17-13-24(2)14-18-27/h3-18,21-22H,19-20H2,1-2H3. The molecule has 1 heterocycles. The van der Waals surface area contributed by atoms with Crippen LogP contribution in [-0.2, 0) is 26.5 Å². The highest BCUT2D eigenvalue weighted by molar-refractivity contribution is 7.90. The number of rotatable bonds is 8. The molecule has 1 aromatic heterocycles. The normalized spacial score (nSPS) is 13.5. The number of benzene rings is 4. The Kier molecular flexibility index (Phi) is 7.35. The van der Waals surface area contributed by atoms with Crippen LogP contribution in [0.2, 0.25) is 0 Å². The Bertz CT molecular complexity index is 2200. The fraction of sp³-hybridized carbons (Fsp3) is 0.118. The highest BCUT2D eigenvalue weighted by atomic mass is 32.2. The third kappa shape index (κ3) is 5.06. The van der Waals surface area contributed by atoms with Gasteiger partial charge in [-0.15, -0.1) is 0 Å². The van der Waals surface area contributed by atoms with E-state index in [9.17, 15) is 26.4 Å². The lowest BCUT2D eigenvalue weighted by molar-refractivity contribution is 0.0967. The lowest BCUT2D eigenvalue weighted by Crippen LogP contribution is -2.37. The number of para-hydroxylation sites is 1. The van der Waals surface area contributed by atoms with Crippen molar-refractivity contribution >= 4 is 42.5 Å². The van der Waals surface area contributed by atoms with Crippen LogP contribution in [0.3, 0.4) is 0 Å². The number of carbonyl (C=O) groups excluding carboxylic acids is 2. The van der Waals surface area contributed by atoms with Gasteiger partial charge in [-0.1, -0.05) is 77.9 Å². The van der Waals surface area contributed by atoms with Crippen molar-refractivity contribution < 1.29 is 26.4 Å². The number of fused-ring (bicyclic) bond motifs is 2. The minimum atomic E-state index is -4.30. The second kappa shape index (κ2) is 11.0. The molecule has 0 saturated carbocycles. The number of Topliss-reactive ketones (excluding diaryl/α,β-unsaturated/α-hetero) is 1. The summed E-state index contributed by atoms with van der Waals surface area (Å²) in [4.78, 5) is 26.8. The Balaban J connectivity index is 1.44. The molecule has 0 atom stereocenters. The van der Waals surface area contributed by atoms with E-state index in [4.69, 9.17) is 0 Å². The molecular formula is C34H28N2O6S2. The van der Waals surface area contributed by atoms with Crippen molar-refractivity contribution in [2.24, 2.45) is 0 Å². The smallest absolute Gasteiger partial charge is 0.268 e. The maximum atomic E-state index is 14.1. The minimum absolute atomic E-state index is 0.0347. The van der Waals surface area contributed by atoms with Crippen molar-refractivity contribution in [1.29, 1.82) is 0 Å². The van der Waals surface area contributed by atoms with Crippen LogP contribution in [0.1, 0.15) is 37.4 Å². The summed E-state index contributed by atoms with van der Waals surface area (Å²) >= 11 is 0. The first-order valence-electron chi connectivity index (χ1n) is 13.9. The van der Waals surface area contributed by atoms with Gasteiger partial charge in [-0.3, -0.25) is 13.9 Å². The number of hydrogen-bond donors (Lipinski definition) is 0. The van der Waals surface area contributed by atoms with Gasteiger partial charge in [0.2, 0.25) is 5.78 Å². The van der Waals surface area contributed by atoms with Crippen LogP contribution < -0.4 is 0 Å². The van der Waals surface area contributed by atoms with Gasteiger partial charge >= 0.3 is 0 Å². The average molecular weight is 625 g/mol. The van der Waals surface area contributed by atoms with Crippen LogP contribution in [0, 0.1) is 13.8 Å². The Morgan fingerprint density at radius 2 is 1.25 bits per heavy atom. The first-order chi connectivity index (χ1) is 21.0. The molecule has 0 spiro atoms. The van der Waals surface area contributed by atoms with E-state index in [1.54, 1.807) is 72.8 Å². The molecule has 1 aliphatic carbocycles. The van der Waals surface area contributed by atoms with Crippen LogP contribution in [0.4, 0.5) is 0 Å². The van der Waals surface area contributed by atoms with E-state index in [1.807, 2.05) is 13.8 Å². The van der Waals surface area contributed by atoms with Gasteiger partial charge in [0.15, 0.2) is 5.78 Å². The Morgan fingerprint density at radius 3 is 1.91 bits per heavy atom. The van der Waals surface area contributed by atoms with E-state index in [1.165, 1.54) is 34.4 Å². The molecule has 0 unspecified atom stereocenters. The number of allylic oxidation sites excluding steroid dienone is 2. The third-order valence-electron chi connectivity index (χ3n) is 7.74. The van der Waals surface area contributed by atoms with E-state index < -0.39 is 31.6 Å². The van der Waals surface area contributed by atoms with Crippen molar-refractivity contribution in [3.05, 3.63) is 143 Å². The van der Waals surface area contributed by atoms with Gasteiger partial charge in [0.05, 0.1) is 15.3 Å². The highest BCUT2D eigenvalue weighted by Gasteiger charge is 2.35. The van der Waals surface area contributed by atoms with Crippen LogP contribution in [0.5, 0.6) is 0 Å². The molecule has 1 aliphatic rings. The number of aromatic nitrogens is 1. The van der Waals surface area contributed by atoms with Crippen LogP contribution in [0.25, 0.3) is 10.9 Å². The van der Waals surface area contributed by atoms with Gasteiger partial charge in [0, 0.05) is 35.3 Å². The zero-order valence-electron chi connectivity index (χ0n) is 24.0. The molecule has 8 nitrogen and oxygen atoms in total. The number of sulfonamides is 1. The summed E-state index contributed by atoms with van der Waals surface area (Å²) in [7, 11) is -8.27. The fourth-order valence-corrected chi connectivity index (χ4v) is 8.21. The molecule has 10 heteroatoms. The highest BCUT2D eigenvalue weighted by Crippen LogP contribution is 2.31. The van der Waals surface area contributed by atoms with Gasteiger partial charge in [-0.25, -0.2) is 20.8 Å².